The molecule has 2 unspecified atom stereocenters. The van der Waals surface area contributed by atoms with Crippen LogP contribution in [0.15, 0.2) is 40.8 Å². The molecule has 2 nitrogen and oxygen atoms in total. The van der Waals surface area contributed by atoms with E-state index in [-0.39, 0.29) is 0 Å². The third kappa shape index (κ3) is 2.90. The first-order chi connectivity index (χ1) is 9.63. The second kappa shape index (κ2) is 5.35. The Bertz CT molecular complexity index is 567. The van der Waals surface area contributed by atoms with Crippen molar-refractivity contribution >= 4 is 5.69 Å². The van der Waals surface area contributed by atoms with Crippen LogP contribution in [0.3, 0.4) is 0 Å². The average Bonchev–Trinajstić information content (AvgIpc) is 3.00. The molecule has 0 aliphatic heterocycles. The number of nitrogens with one attached hydrogen (secondary N) is 1. The Kier molecular flexibility index (Phi) is 3.56. The molecule has 1 saturated carbocycles. The molecule has 0 amide bonds. The van der Waals surface area contributed by atoms with Gasteiger partial charge in [-0.05, 0) is 48.1 Å². The van der Waals surface area contributed by atoms with Crippen LogP contribution >= 0.6 is 0 Å². The summed E-state index contributed by atoms with van der Waals surface area (Å²) in [7, 11) is 0. The van der Waals surface area contributed by atoms with E-state index < -0.39 is 0 Å². The van der Waals surface area contributed by atoms with E-state index in [9.17, 15) is 0 Å². The maximum Gasteiger partial charge on any atom is 0.123 e. The van der Waals surface area contributed by atoms with Gasteiger partial charge in [-0.15, -0.1) is 0 Å². The molecule has 1 fully saturated rings. The lowest BCUT2D eigenvalue weighted by Gasteiger charge is -2.08. The zero-order valence-corrected chi connectivity index (χ0v) is 12.5. The van der Waals surface area contributed by atoms with Gasteiger partial charge in [0.25, 0.3) is 0 Å². The molecule has 0 spiro atoms. The molecule has 1 N–H and O–H groups in total. The van der Waals surface area contributed by atoms with Gasteiger partial charge in [-0.25, -0.2) is 0 Å². The fraction of sp³-hybridized carbons (Fsp3) is 0.444. The van der Waals surface area contributed by atoms with Crippen molar-refractivity contribution in [2.75, 3.05) is 5.32 Å². The second-order valence-corrected chi connectivity index (χ2v) is 6.25. The Morgan fingerprint density at radius 3 is 2.45 bits per heavy atom. The van der Waals surface area contributed by atoms with E-state index in [0.29, 0.717) is 11.8 Å². The highest BCUT2D eigenvalue weighted by molar-refractivity contribution is 5.45. The smallest absolute Gasteiger partial charge is 0.123 e. The number of furan rings is 1. The molecule has 0 saturated heterocycles. The summed E-state index contributed by atoms with van der Waals surface area (Å²) in [5.74, 6) is 4.22. The van der Waals surface area contributed by atoms with Crippen LogP contribution in [0.1, 0.15) is 56.1 Å². The molecule has 2 heteroatoms. The Hall–Kier alpha value is -1.70. The molecule has 1 aromatic carbocycles. The van der Waals surface area contributed by atoms with Crippen molar-refractivity contribution < 1.29 is 4.42 Å². The van der Waals surface area contributed by atoms with Crippen LogP contribution in [0.5, 0.6) is 0 Å². The lowest BCUT2D eigenvalue weighted by Crippen LogP contribution is -1.98. The molecule has 1 aromatic heterocycles. The molecule has 3 rings (SSSR count). The van der Waals surface area contributed by atoms with E-state index in [1.54, 1.807) is 0 Å². The molecule has 106 valence electrons. The predicted molar refractivity (Wildman–Crippen MR) is 83.1 cm³/mol. The second-order valence-electron chi connectivity index (χ2n) is 6.25. The fourth-order valence-corrected chi connectivity index (χ4v) is 2.58. The maximum absolute atomic E-state index is 5.90. The number of hydrogen-bond donors (Lipinski definition) is 1. The summed E-state index contributed by atoms with van der Waals surface area (Å²) >= 11 is 0. The van der Waals surface area contributed by atoms with Gasteiger partial charge in [0.2, 0.25) is 0 Å². The predicted octanol–water partition coefficient (Wildman–Crippen LogP) is 5.14. The van der Waals surface area contributed by atoms with Crippen molar-refractivity contribution in [2.45, 2.75) is 45.6 Å². The van der Waals surface area contributed by atoms with Crippen LogP contribution < -0.4 is 5.32 Å². The quantitative estimate of drug-likeness (QED) is 0.813. The first-order valence-corrected chi connectivity index (χ1v) is 7.56. The van der Waals surface area contributed by atoms with Crippen molar-refractivity contribution in [2.24, 2.45) is 5.92 Å². The van der Waals surface area contributed by atoms with E-state index in [0.717, 1.165) is 29.7 Å². The van der Waals surface area contributed by atoms with E-state index in [1.165, 1.54) is 12.0 Å². The van der Waals surface area contributed by atoms with Gasteiger partial charge >= 0.3 is 0 Å². The number of hydrogen-bond acceptors (Lipinski definition) is 2. The molecule has 2 aromatic rings. The van der Waals surface area contributed by atoms with Crippen LogP contribution in [-0.2, 0) is 6.54 Å². The maximum atomic E-state index is 5.90. The molecule has 1 aliphatic carbocycles. The van der Waals surface area contributed by atoms with Crippen molar-refractivity contribution in [3.63, 3.8) is 0 Å². The molecule has 0 bridgehead atoms. The van der Waals surface area contributed by atoms with Crippen LogP contribution in [-0.4, -0.2) is 0 Å². The van der Waals surface area contributed by atoms with Crippen molar-refractivity contribution in [1.82, 2.24) is 0 Å². The van der Waals surface area contributed by atoms with Gasteiger partial charge in [-0.2, -0.15) is 0 Å². The summed E-state index contributed by atoms with van der Waals surface area (Å²) in [6, 6.07) is 12.9. The van der Waals surface area contributed by atoms with Gasteiger partial charge in [-0.3, -0.25) is 0 Å². The van der Waals surface area contributed by atoms with E-state index >= 15 is 0 Å². The highest BCUT2D eigenvalue weighted by Crippen LogP contribution is 2.47. The molecule has 0 radical (unpaired) electrons. The first kappa shape index (κ1) is 13.3. The molecule has 1 heterocycles. The van der Waals surface area contributed by atoms with Gasteiger partial charge in [0.05, 0.1) is 6.54 Å². The van der Waals surface area contributed by atoms with Crippen LogP contribution in [0.2, 0.25) is 0 Å². The minimum absolute atomic E-state index is 0.581. The summed E-state index contributed by atoms with van der Waals surface area (Å²) in [5.41, 5.74) is 2.52. The van der Waals surface area contributed by atoms with Crippen LogP contribution in [0, 0.1) is 5.92 Å². The summed E-state index contributed by atoms with van der Waals surface area (Å²) < 4.78 is 5.90. The van der Waals surface area contributed by atoms with Gasteiger partial charge in [0.1, 0.15) is 11.5 Å². The number of anilines is 1. The lowest BCUT2D eigenvalue weighted by molar-refractivity contribution is 0.468. The summed E-state index contributed by atoms with van der Waals surface area (Å²) in [6.07, 6.45) is 1.27. The Morgan fingerprint density at radius 2 is 1.85 bits per heavy atom. The number of rotatable bonds is 5. The molecular formula is C18H23NO. The van der Waals surface area contributed by atoms with Gasteiger partial charge in [-0.1, -0.05) is 32.9 Å². The highest BCUT2D eigenvalue weighted by atomic mass is 16.3. The first-order valence-electron chi connectivity index (χ1n) is 7.56. The third-order valence-corrected chi connectivity index (χ3v) is 4.20. The Morgan fingerprint density at radius 1 is 1.15 bits per heavy atom. The molecule has 20 heavy (non-hydrogen) atoms. The third-order valence-electron chi connectivity index (χ3n) is 4.20. The standard InChI is InChI=1S/C18H23NO/c1-12(2)14-4-6-15(7-5-14)19-11-16-8-9-18(20-16)17-10-13(17)3/h4-9,12-13,17,19H,10-11H2,1-3H3. The van der Waals surface area contributed by atoms with Crippen molar-refractivity contribution in [3.05, 3.63) is 53.5 Å². The summed E-state index contributed by atoms with van der Waals surface area (Å²) in [5, 5.41) is 3.42. The number of benzene rings is 1. The van der Waals surface area contributed by atoms with E-state index in [4.69, 9.17) is 4.42 Å². The van der Waals surface area contributed by atoms with Crippen LogP contribution in [0.25, 0.3) is 0 Å². The van der Waals surface area contributed by atoms with E-state index in [2.05, 4.69) is 62.5 Å². The molecule has 2 atom stereocenters. The minimum Gasteiger partial charge on any atom is -0.464 e. The Labute approximate surface area is 121 Å². The topological polar surface area (TPSA) is 25.2 Å². The summed E-state index contributed by atoms with van der Waals surface area (Å²) in [4.78, 5) is 0. The Balaban J connectivity index is 1.57. The van der Waals surface area contributed by atoms with Gasteiger partial charge in [0, 0.05) is 11.6 Å². The zero-order valence-electron chi connectivity index (χ0n) is 12.5. The average molecular weight is 269 g/mol. The SMILES string of the molecule is CC(C)c1ccc(NCc2ccc(C3CC3C)o2)cc1. The van der Waals surface area contributed by atoms with Gasteiger partial charge in [0.15, 0.2) is 0 Å². The minimum atomic E-state index is 0.581. The largest absolute Gasteiger partial charge is 0.464 e. The van der Waals surface area contributed by atoms with Gasteiger partial charge < -0.3 is 9.73 Å². The fourth-order valence-electron chi connectivity index (χ4n) is 2.58. The van der Waals surface area contributed by atoms with Crippen molar-refractivity contribution in [1.29, 1.82) is 0 Å². The normalized spacial score (nSPS) is 21.2. The molecular weight excluding hydrogens is 246 g/mol. The zero-order chi connectivity index (χ0) is 14.1. The lowest BCUT2D eigenvalue weighted by atomic mass is 10.0. The van der Waals surface area contributed by atoms with Crippen molar-refractivity contribution in [3.8, 4) is 0 Å². The van der Waals surface area contributed by atoms with E-state index in [1.807, 2.05) is 0 Å². The summed E-state index contributed by atoms with van der Waals surface area (Å²) in [6.45, 7) is 7.46. The highest BCUT2D eigenvalue weighted by Gasteiger charge is 2.36. The van der Waals surface area contributed by atoms with Crippen LogP contribution in [0.4, 0.5) is 5.69 Å². The monoisotopic (exact) mass is 269 g/mol. The molecule has 1 aliphatic rings.